The fourth-order valence-electron chi connectivity index (χ4n) is 6.11. The molecule has 4 aromatic carbocycles. The molecule has 4 N–H and O–H groups in total. The van der Waals surface area contributed by atoms with Crippen molar-refractivity contribution in [1.82, 2.24) is 10.2 Å². The highest BCUT2D eigenvalue weighted by atomic mass is 16.7. The lowest BCUT2D eigenvalue weighted by molar-refractivity contribution is -0.253. The Labute approximate surface area is 288 Å². The molecule has 1 amide bonds. The standard InChI is InChI=1S/C40H46N2O7/c1-27(39(47)31-10-4-3-5-11-31)42(2)25-35-23-36(30-19-17-28(26-43)18-20-30)49-40(48-35)34-14-7-13-33(22-34)32-12-6-9-29(21-32)24-41-37(44)15-8-16-38(45)46/h3-7,9-14,17-22,27,35-36,39-40,43,47H,8,15-16,23-26H2,1-2H3,(H,41,44)(H,45,46). The molecule has 4 aromatic rings. The first-order chi connectivity index (χ1) is 23.7. The van der Waals surface area contributed by atoms with Crippen LogP contribution in [0.25, 0.3) is 11.1 Å². The van der Waals surface area contributed by atoms with Crippen LogP contribution in [0.15, 0.2) is 103 Å². The predicted octanol–water partition coefficient (Wildman–Crippen LogP) is 6.32. The number of amides is 1. The third-order valence-corrected chi connectivity index (χ3v) is 9.10. The highest BCUT2D eigenvalue weighted by Crippen LogP contribution is 2.39. The normalized spacial score (nSPS) is 18.9. The molecule has 1 aliphatic rings. The Hall–Kier alpha value is -4.38. The minimum absolute atomic E-state index is 0.0280. The number of ether oxygens (including phenoxy) is 2. The maximum atomic E-state index is 12.2. The number of carboxylic acids is 1. The molecule has 1 fully saturated rings. The first-order valence-electron chi connectivity index (χ1n) is 16.8. The maximum absolute atomic E-state index is 12.2. The number of carbonyl (C=O) groups excluding carboxylic acids is 1. The molecule has 5 unspecified atom stereocenters. The monoisotopic (exact) mass is 666 g/mol. The summed E-state index contributed by atoms with van der Waals surface area (Å²) in [6.45, 7) is 2.92. The number of hydrogen-bond donors (Lipinski definition) is 4. The number of aliphatic hydroxyl groups is 2. The summed E-state index contributed by atoms with van der Waals surface area (Å²) in [5.41, 5.74) is 6.46. The van der Waals surface area contributed by atoms with Crippen LogP contribution in [0.3, 0.4) is 0 Å². The van der Waals surface area contributed by atoms with Crippen molar-refractivity contribution in [2.24, 2.45) is 0 Å². The van der Waals surface area contributed by atoms with Crippen LogP contribution in [0.5, 0.6) is 0 Å². The van der Waals surface area contributed by atoms with Crippen LogP contribution in [0.1, 0.15) is 78.9 Å². The lowest BCUT2D eigenvalue weighted by Gasteiger charge is -2.39. The zero-order chi connectivity index (χ0) is 34.8. The van der Waals surface area contributed by atoms with Gasteiger partial charge >= 0.3 is 5.97 Å². The van der Waals surface area contributed by atoms with Crippen molar-refractivity contribution < 1.29 is 34.4 Å². The third-order valence-electron chi connectivity index (χ3n) is 9.10. The Kier molecular flexibility index (Phi) is 12.7. The van der Waals surface area contributed by atoms with E-state index in [9.17, 15) is 19.8 Å². The summed E-state index contributed by atoms with van der Waals surface area (Å²) >= 11 is 0. The molecule has 0 saturated carbocycles. The van der Waals surface area contributed by atoms with Gasteiger partial charge < -0.3 is 30.1 Å². The molecule has 0 spiro atoms. The van der Waals surface area contributed by atoms with Crippen LogP contribution >= 0.6 is 0 Å². The summed E-state index contributed by atoms with van der Waals surface area (Å²) in [5, 5.41) is 32.4. The van der Waals surface area contributed by atoms with Crippen molar-refractivity contribution in [1.29, 1.82) is 0 Å². The summed E-state index contributed by atoms with van der Waals surface area (Å²) in [5.74, 6) is -1.08. The van der Waals surface area contributed by atoms with Gasteiger partial charge in [0.1, 0.15) is 0 Å². The molecular weight excluding hydrogens is 620 g/mol. The number of nitrogens with zero attached hydrogens (tertiary/aromatic N) is 1. The van der Waals surface area contributed by atoms with E-state index in [1.165, 1.54) is 0 Å². The second kappa shape index (κ2) is 17.3. The fraction of sp³-hybridized carbons (Fsp3) is 0.350. The maximum Gasteiger partial charge on any atom is 0.303 e. The minimum atomic E-state index is -0.907. The SMILES string of the molecule is CC(C(O)c1ccccc1)N(C)CC1CC(c2ccc(CO)cc2)OC(c2cccc(-c3cccc(CNC(=O)CCCC(=O)O)c3)c2)O1. The highest BCUT2D eigenvalue weighted by molar-refractivity contribution is 5.76. The van der Waals surface area contributed by atoms with Crippen LogP contribution in [0.4, 0.5) is 0 Å². The molecule has 5 atom stereocenters. The van der Waals surface area contributed by atoms with Crippen molar-refractivity contribution in [3.8, 4) is 11.1 Å². The van der Waals surface area contributed by atoms with Gasteiger partial charge in [0.25, 0.3) is 0 Å². The van der Waals surface area contributed by atoms with Gasteiger partial charge in [0.2, 0.25) is 5.91 Å². The zero-order valence-electron chi connectivity index (χ0n) is 28.1. The number of carbonyl (C=O) groups is 2. The molecule has 5 rings (SSSR count). The van der Waals surface area contributed by atoms with Gasteiger partial charge in [-0.25, -0.2) is 0 Å². The van der Waals surface area contributed by atoms with Crippen LogP contribution < -0.4 is 5.32 Å². The van der Waals surface area contributed by atoms with Gasteiger partial charge in [0.15, 0.2) is 6.29 Å². The van der Waals surface area contributed by atoms with E-state index in [4.69, 9.17) is 14.6 Å². The molecule has 0 bridgehead atoms. The average Bonchev–Trinajstić information content (AvgIpc) is 3.13. The van der Waals surface area contributed by atoms with Gasteiger partial charge in [-0.2, -0.15) is 0 Å². The zero-order valence-corrected chi connectivity index (χ0v) is 28.1. The summed E-state index contributed by atoms with van der Waals surface area (Å²) < 4.78 is 13.2. The summed E-state index contributed by atoms with van der Waals surface area (Å²) in [7, 11) is 2.00. The van der Waals surface area contributed by atoms with Crippen LogP contribution in [-0.4, -0.2) is 57.8 Å². The molecule has 0 aliphatic carbocycles. The predicted molar refractivity (Wildman–Crippen MR) is 187 cm³/mol. The Morgan fingerprint density at radius 2 is 1.57 bits per heavy atom. The van der Waals surface area contributed by atoms with E-state index in [2.05, 4.69) is 16.3 Å². The third kappa shape index (κ3) is 10.1. The molecule has 9 nitrogen and oxygen atoms in total. The second-order valence-electron chi connectivity index (χ2n) is 12.7. The molecule has 0 radical (unpaired) electrons. The Morgan fingerprint density at radius 1 is 0.857 bits per heavy atom. The number of benzene rings is 4. The van der Waals surface area contributed by atoms with Crippen molar-refractivity contribution >= 4 is 11.9 Å². The van der Waals surface area contributed by atoms with Crippen molar-refractivity contribution in [2.75, 3.05) is 13.6 Å². The van der Waals surface area contributed by atoms with E-state index in [1.807, 2.05) is 111 Å². The summed E-state index contributed by atoms with van der Waals surface area (Å²) in [6, 6.07) is 33.3. The quantitative estimate of drug-likeness (QED) is 0.116. The van der Waals surface area contributed by atoms with Crippen LogP contribution in [0, 0.1) is 0 Å². The number of likely N-dealkylation sites (N-methyl/N-ethyl adjacent to an activating group) is 1. The highest BCUT2D eigenvalue weighted by Gasteiger charge is 2.34. The summed E-state index contributed by atoms with van der Waals surface area (Å²) in [6.07, 6.45) is -0.660. The number of nitrogens with one attached hydrogen (secondary N) is 1. The van der Waals surface area contributed by atoms with E-state index in [-0.39, 0.29) is 43.6 Å². The largest absolute Gasteiger partial charge is 0.481 e. The first kappa shape index (κ1) is 35.9. The van der Waals surface area contributed by atoms with Crippen molar-refractivity contribution in [3.63, 3.8) is 0 Å². The minimum Gasteiger partial charge on any atom is -0.481 e. The van der Waals surface area contributed by atoms with Crippen molar-refractivity contribution in [3.05, 3.63) is 131 Å². The number of hydrogen-bond acceptors (Lipinski definition) is 7. The molecule has 49 heavy (non-hydrogen) atoms. The Balaban J connectivity index is 1.32. The second-order valence-corrected chi connectivity index (χ2v) is 12.7. The van der Waals surface area contributed by atoms with Gasteiger partial charge in [-0.15, -0.1) is 0 Å². The Bertz CT molecular complexity index is 1660. The summed E-state index contributed by atoms with van der Waals surface area (Å²) in [4.78, 5) is 25.1. The van der Waals surface area contributed by atoms with E-state index < -0.39 is 18.4 Å². The Morgan fingerprint density at radius 3 is 2.29 bits per heavy atom. The molecule has 9 heteroatoms. The van der Waals surface area contributed by atoms with Gasteiger partial charge in [0, 0.05) is 44.0 Å². The number of carboxylic acid groups (broad SMARTS) is 1. The van der Waals surface area contributed by atoms with Gasteiger partial charge in [0.05, 0.1) is 24.9 Å². The number of aliphatic hydroxyl groups excluding tert-OH is 2. The fourth-order valence-corrected chi connectivity index (χ4v) is 6.11. The molecule has 0 aromatic heterocycles. The smallest absolute Gasteiger partial charge is 0.303 e. The topological polar surface area (TPSA) is 129 Å². The van der Waals surface area contributed by atoms with E-state index in [0.717, 1.165) is 38.9 Å². The van der Waals surface area contributed by atoms with Crippen LogP contribution in [-0.2, 0) is 32.2 Å². The molecule has 1 saturated heterocycles. The molecule has 1 aliphatic heterocycles. The van der Waals surface area contributed by atoms with E-state index in [0.29, 0.717) is 25.9 Å². The van der Waals surface area contributed by atoms with Crippen LogP contribution in [0.2, 0.25) is 0 Å². The first-order valence-corrected chi connectivity index (χ1v) is 16.8. The molecule has 1 heterocycles. The van der Waals surface area contributed by atoms with Gasteiger partial charge in [-0.1, -0.05) is 91.0 Å². The van der Waals surface area contributed by atoms with Crippen molar-refractivity contribution in [2.45, 2.75) is 76.4 Å². The van der Waals surface area contributed by atoms with E-state index >= 15 is 0 Å². The van der Waals surface area contributed by atoms with Gasteiger partial charge in [-0.3, -0.25) is 14.5 Å². The molecular formula is C40H46N2O7. The van der Waals surface area contributed by atoms with E-state index in [1.54, 1.807) is 0 Å². The average molecular weight is 667 g/mol. The van der Waals surface area contributed by atoms with Gasteiger partial charge in [-0.05, 0) is 65.9 Å². The lowest BCUT2D eigenvalue weighted by atomic mass is 9.97. The number of rotatable bonds is 15. The molecule has 258 valence electrons. The number of aliphatic carboxylic acids is 1. The lowest BCUT2D eigenvalue weighted by Crippen LogP contribution is -2.43.